The Balaban J connectivity index is 1.80. The lowest BCUT2D eigenvalue weighted by Gasteiger charge is -2.26. The molecule has 6 heteroatoms. The molecular formula is C19H24FN3O2. The van der Waals surface area contributed by atoms with Gasteiger partial charge in [0.15, 0.2) is 0 Å². The van der Waals surface area contributed by atoms with Crippen LogP contribution >= 0.6 is 0 Å². The summed E-state index contributed by atoms with van der Waals surface area (Å²) < 4.78 is 20.7. The van der Waals surface area contributed by atoms with Gasteiger partial charge in [-0.15, -0.1) is 0 Å². The van der Waals surface area contributed by atoms with Gasteiger partial charge in [0.05, 0.1) is 18.8 Å². The third kappa shape index (κ3) is 4.08. The van der Waals surface area contributed by atoms with Gasteiger partial charge in [-0.2, -0.15) is 0 Å². The third-order valence-electron chi connectivity index (χ3n) is 4.73. The highest BCUT2D eigenvalue weighted by atomic mass is 19.1. The van der Waals surface area contributed by atoms with E-state index >= 15 is 0 Å². The Morgan fingerprint density at radius 1 is 1.20 bits per heavy atom. The molecule has 1 aromatic carbocycles. The van der Waals surface area contributed by atoms with E-state index in [0.717, 1.165) is 62.8 Å². The molecule has 0 radical (unpaired) electrons. The Bertz CT molecular complexity index is 734. The van der Waals surface area contributed by atoms with E-state index in [1.165, 1.54) is 12.1 Å². The second-order valence-corrected chi connectivity index (χ2v) is 6.36. The van der Waals surface area contributed by atoms with Gasteiger partial charge < -0.3 is 15.0 Å². The number of nitrogens with two attached hydrogens (primary N) is 1. The molecule has 0 bridgehead atoms. The monoisotopic (exact) mass is 345 g/mol. The molecule has 1 aliphatic heterocycles. The standard InChI is InChI=1S/C19H24FN3O2/c1-14-17(19(21)24)13-18(15-3-5-16(20)6-4-15)23(14)8-2-7-22-9-11-25-12-10-22/h3-6,13H,2,7-12H2,1H3,(H2,21,24). The maximum atomic E-state index is 13.2. The number of hydrogen-bond acceptors (Lipinski definition) is 3. The minimum Gasteiger partial charge on any atom is -0.379 e. The van der Waals surface area contributed by atoms with Gasteiger partial charge in [0.25, 0.3) is 5.91 Å². The molecule has 0 unspecified atom stereocenters. The summed E-state index contributed by atoms with van der Waals surface area (Å²) in [6, 6.07) is 8.12. The van der Waals surface area contributed by atoms with Crippen LogP contribution in [-0.2, 0) is 11.3 Å². The number of primary amides is 1. The van der Waals surface area contributed by atoms with Crippen LogP contribution in [0, 0.1) is 12.7 Å². The van der Waals surface area contributed by atoms with E-state index in [2.05, 4.69) is 9.47 Å². The molecule has 0 atom stereocenters. The number of ether oxygens (including phenoxy) is 1. The Hall–Kier alpha value is -2.18. The highest BCUT2D eigenvalue weighted by Crippen LogP contribution is 2.26. The molecule has 2 N–H and O–H groups in total. The van der Waals surface area contributed by atoms with Gasteiger partial charge in [-0.05, 0) is 49.2 Å². The first-order valence-electron chi connectivity index (χ1n) is 8.62. The lowest BCUT2D eigenvalue weighted by molar-refractivity contribution is 0.0369. The number of carbonyl (C=O) groups excluding carboxylic acids is 1. The number of amides is 1. The maximum Gasteiger partial charge on any atom is 0.250 e. The summed E-state index contributed by atoms with van der Waals surface area (Å²) in [5, 5.41) is 0. The van der Waals surface area contributed by atoms with E-state index < -0.39 is 5.91 Å². The van der Waals surface area contributed by atoms with Crippen LogP contribution in [0.15, 0.2) is 30.3 Å². The number of benzene rings is 1. The van der Waals surface area contributed by atoms with Gasteiger partial charge in [-0.3, -0.25) is 9.69 Å². The minimum atomic E-state index is -0.437. The number of morpholine rings is 1. The predicted molar refractivity (Wildman–Crippen MR) is 95.0 cm³/mol. The SMILES string of the molecule is Cc1c(C(N)=O)cc(-c2ccc(F)cc2)n1CCCN1CCOCC1. The molecule has 1 fully saturated rings. The normalized spacial score (nSPS) is 15.4. The lowest BCUT2D eigenvalue weighted by Crippen LogP contribution is -2.37. The molecule has 1 saturated heterocycles. The summed E-state index contributed by atoms with van der Waals surface area (Å²) in [6.45, 7) is 7.16. The molecule has 0 aliphatic carbocycles. The molecular weight excluding hydrogens is 321 g/mol. The highest BCUT2D eigenvalue weighted by molar-refractivity contribution is 5.95. The van der Waals surface area contributed by atoms with Crippen molar-refractivity contribution in [3.05, 3.63) is 47.4 Å². The number of aromatic nitrogens is 1. The zero-order chi connectivity index (χ0) is 17.8. The van der Waals surface area contributed by atoms with Crippen molar-refractivity contribution >= 4 is 5.91 Å². The second-order valence-electron chi connectivity index (χ2n) is 6.36. The Morgan fingerprint density at radius 3 is 2.52 bits per heavy atom. The van der Waals surface area contributed by atoms with Gasteiger partial charge in [-0.1, -0.05) is 0 Å². The van der Waals surface area contributed by atoms with Crippen LogP contribution in [0.25, 0.3) is 11.3 Å². The molecule has 1 amide bonds. The maximum absolute atomic E-state index is 13.2. The van der Waals surface area contributed by atoms with Crippen molar-refractivity contribution in [2.45, 2.75) is 19.9 Å². The average molecular weight is 345 g/mol. The smallest absolute Gasteiger partial charge is 0.250 e. The van der Waals surface area contributed by atoms with Gasteiger partial charge >= 0.3 is 0 Å². The first-order valence-corrected chi connectivity index (χ1v) is 8.62. The number of rotatable bonds is 6. The molecule has 134 valence electrons. The zero-order valence-corrected chi connectivity index (χ0v) is 14.5. The van der Waals surface area contributed by atoms with Crippen LogP contribution in [0.1, 0.15) is 22.5 Å². The van der Waals surface area contributed by atoms with Crippen LogP contribution < -0.4 is 5.73 Å². The number of halogens is 1. The van der Waals surface area contributed by atoms with Gasteiger partial charge in [0.1, 0.15) is 5.82 Å². The lowest BCUT2D eigenvalue weighted by atomic mass is 10.1. The van der Waals surface area contributed by atoms with Crippen LogP contribution in [-0.4, -0.2) is 48.2 Å². The summed E-state index contributed by atoms with van der Waals surface area (Å²) in [5.74, 6) is -0.714. The Labute approximate surface area is 147 Å². The van der Waals surface area contributed by atoms with Crippen molar-refractivity contribution in [2.75, 3.05) is 32.8 Å². The van der Waals surface area contributed by atoms with E-state index in [9.17, 15) is 9.18 Å². The van der Waals surface area contributed by atoms with E-state index in [4.69, 9.17) is 10.5 Å². The van der Waals surface area contributed by atoms with Crippen molar-refractivity contribution in [1.82, 2.24) is 9.47 Å². The fraction of sp³-hybridized carbons (Fsp3) is 0.421. The summed E-state index contributed by atoms with van der Waals surface area (Å²) >= 11 is 0. The van der Waals surface area contributed by atoms with Crippen LogP contribution in [0.3, 0.4) is 0 Å². The fourth-order valence-electron chi connectivity index (χ4n) is 3.32. The van der Waals surface area contributed by atoms with Crippen LogP contribution in [0.4, 0.5) is 4.39 Å². The third-order valence-corrected chi connectivity index (χ3v) is 4.73. The van der Waals surface area contributed by atoms with E-state index in [1.54, 1.807) is 18.2 Å². The zero-order valence-electron chi connectivity index (χ0n) is 14.5. The second kappa shape index (κ2) is 7.80. The minimum absolute atomic E-state index is 0.277. The van der Waals surface area contributed by atoms with Crippen molar-refractivity contribution in [3.8, 4) is 11.3 Å². The molecule has 1 aliphatic rings. The number of hydrogen-bond donors (Lipinski definition) is 1. The molecule has 2 heterocycles. The quantitative estimate of drug-likeness (QED) is 0.875. The molecule has 5 nitrogen and oxygen atoms in total. The van der Waals surface area contributed by atoms with Crippen molar-refractivity contribution in [2.24, 2.45) is 5.73 Å². The van der Waals surface area contributed by atoms with Crippen molar-refractivity contribution in [1.29, 1.82) is 0 Å². The summed E-state index contributed by atoms with van der Waals surface area (Å²) in [6.07, 6.45) is 0.960. The Kier molecular flexibility index (Phi) is 5.50. The van der Waals surface area contributed by atoms with Gasteiger partial charge in [0, 0.05) is 37.6 Å². The summed E-state index contributed by atoms with van der Waals surface area (Å²) in [7, 11) is 0. The van der Waals surface area contributed by atoms with Gasteiger partial charge in [0.2, 0.25) is 0 Å². The molecule has 3 rings (SSSR count). The first kappa shape index (κ1) is 17.6. The molecule has 1 aromatic heterocycles. The molecule has 25 heavy (non-hydrogen) atoms. The van der Waals surface area contributed by atoms with E-state index in [1.807, 2.05) is 6.92 Å². The largest absolute Gasteiger partial charge is 0.379 e. The van der Waals surface area contributed by atoms with E-state index in [0.29, 0.717) is 5.56 Å². The number of carbonyl (C=O) groups is 1. The summed E-state index contributed by atoms with van der Waals surface area (Å²) in [5.41, 5.74) is 8.66. The molecule has 0 saturated carbocycles. The van der Waals surface area contributed by atoms with Crippen molar-refractivity contribution in [3.63, 3.8) is 0 Å². The topological polar surface area (TPSA) is 60.5 Å². The molecule has 0 spiro atoms. The fourth-order valence-corrected chi connectivity index (χ4v) is 3.32. The predicted octanol–water partition coefficient (Wildman–Crippen LogP) is 2.42. The Morgan fingerprint density at radius 2 is 1.88 bits per heavy atom. The summed E-state index contributed by atoms with van der Waals surface area (Å²) in [4.78, 5) is 14.1. The van der Waals surface area contributed by atoms with Crippen LogP contribution in [0.2, 0.25) is 0 Å². The van der Waals surface area contributed by atoms with E-state index in [-0.39, 0.29) is 5.82 Å². The highest BCUT2D eigenvalue weighted by Gasteiger charge is 2.17. The molecule has 2 aromatic rings. The number of nitrogens with zero attached hydrogens (tertiary/aromatic N) is 2. The van der Waals surface area contributed by atoms with Crippen molar-refractivity contribution < 1.29 is 13.9 Å². The average Bonchev–Trinajstić information content (AvgIpc) is 2.94. The first-order chi connectivity index (χ1) is 12.1. The van der Waals surface area contributed by atoms with Crippen LogP contribution in [0.5, 0.6) is 0 Å². The van der Waals surface area contributed by atoms with Gasteiger partial charge in [-0.25, -0.2) is 4.39 Å².